The Balaban J connectivity index is 1.44. The molecule has 0 radical (unpaired) electrons. The van der Waals surface area contributed by atoms with Gasteiger partial charge in [-0.1, -0.05) is 25.3 Å². The number of hydrogen-bond acceptors (Lipinski definition) is 6. The van der Waals surface area contributed by atoms with Crippen molar-refractivity contribution in [2.24, 2.45) is 5.41 Å². The molecule has 0 spiro atoms. The third kappa shape index (κ3) is 4.71. The first-order valence-corrected chi connectivity index (χ1v) is 17.0. The molecule has 2 aliphatic heterocycles. The number of amides is 2. The van der Waals surface area contributed by atoms with Gasteiger partial charge in [-0.25, -0.2) is 4.72 Å². The van der Waals surface area contributed by atoms with Gasteiger partial charge in [0.1, 0.15) is 5.75 Å². The molecule has 10 nitrogen and oxygen atoms in total. The van der Waals surface area contributed by atoms with E-state index in [9.17, 15) is 18.0 Å². The zero-order valence-corrected chi connectivity index (χ0v) is 26.4. The third-order valence-electron chi connectivity index (χ3n) is 10.2. The van der Waals surface area contributed by atoms with Gasteiger partial charge >= 0.3 is 10.2 Å². The summed E-state index contributed by atoms with van der Waals surface area (Å²) in [4.78, 5) is 29.6. The van der Waals surface area contributed by atoms with Gasteiger partial charge in [0.2, 0.25) is 5.91 Å². The first kappa shape index (κ1) is 29.3. The van der Waals surface area contributed by atoms with Crippen LogP contribution >= 0.6 is 0 Å². The summed E-state index contributed by atoms with van der Waals surface area (Å²) < 4.78 is 41.7. The molecule has 2 saturated carbocycles. The number of carbonyl (C=O) groups is 2. The molecular formula is C33H40N4O6S. The van der Waals surface area contributed by atoms with Crippen molar-refractivity contribution >= 4 is 32.9 Å². The number of carbonyl (C=O) groups excluding carboxylic acids is 2. The number of morpholine rings is 1. The quantitative estimate of drug-likeness (QED) is 0.442. The van der Waals surface area contributed by atoms with Crippen molar-refractivity contribution < 1.29 is 27.5 Å². The Labute approximate surface area is 258 Å². The number of fused-ring (bicyclic) bond motifs is 7. The van der Waals surface area contributed by atoms with E-state index in [1.165, 1.54) is 26.1 Å². The number of ether oxygens (including phenoxy) is 2. The number of methoxy groups -OCH3 is 1. The maximum atomic E-state index is 14.4. The molecule has 2 amide bonds. The van der Waals surface area contributed by atoms with Crippen LogP contribution in [0.3, 0.4) is 0 Å². The summed E-state index contributed by atoms with van der Waals surface area (Å²) in [6.45, 7) is 2.72. The maximum absolute atomic E-state index is 14.4. The van der Waals surface area contributed by atoms with E-state index in [0.29, 0.717) is 38.8 Å². The van der Waals surface area contributed by atoms with Crippen LogP contribution in [0.1, 0.15) is 71.8 Å². The summed E-state index contributed by atoms with van der Waals surface area (Å²) >= 11 is 0. The number of aromatic nitrogens is 1. The van der Waals surface area contributed by atoms with Crippen LogP contribution in [0.25, 0.3) is 22.2 Å². The van der Waals surface area contributed by atoms with Gasteiger partial charge < -0.3 is 18.9 Å². The van der Waals surface area contributed by atoms with Crippen LogP contribution < -0.4 is 9.46 Å². The second kappa shape index (κ2) is 10.9. The molecule has 1 aromatic heterocycles. The summed E-state index contributed by atoms with van der Waals surface area (Å²) in [6, 6.07) is 11.7. The van der Waals surface area contributed by atoms with Crippen LogP contribution in [0, 0.1) is 5.41 Å². The fraction of sp³-hybridized carbons (Fsp3) is 0.515. The Bertz CT molecular complexity index is 1750. The molecule has 2 aliphatic carbocycles. The molecular weight excluding hydrogens is 580 g/mol. The number of nitrogens with one attached hydrogen (secondary N) is 1. The van der Waals surface area contributed by atoms with Crippen LogP contribution in [0.4, 0.5) is 0 Å². The van der Waals surface area contributed by atoms with E-state index in [-0.39, 0.29) is 17.4 Å². The van der Waals surface area contributed by atoms with Crippen molar-refractivity contribution in [2.75, 3.05) is 47.5 Å². The topological polar surface area (TPSA) is 110 Å². The SMILES string of the molecule is COc1ccc2c(c1)C1CC1(C(=O)N1CCOCC1)Cn1c-2c(C2CCCCC2)c2ccc(C(=O)NS(=O)(=O)N(C)C)cc21. The molecule has 4 aliphatic rings. The van der Waals surface area contributed by atoms with Crippen LogP contribution in [0.15, 0.2) is 36.4 Å². The van der Waals surface area contributed by atoms with Crippen LogP contribution in [-0.2, 0) is 26.3 Å². The number of rotatable bonds is 6. The molecule has 234 valence electrons. The molecule has 3 heterocycles. The van der Waals surface area contributed by atoms with Crippen LogP contribution in [0.2, 0.25) is 0 Å². The lowest BCUT2D eigenvalue weighted by atomic mass is 9.81. The van der Waals surface area contributed by atoms with Gasteiger partial charge in [0, 0.05) is 61.7 Å². The minimum Gasteiger partial charge on any atom is -0.497 e. The highest BCUT2D eigenvalue weighted by Crippen LogP contribution is 2.66. The van der Waals surface area contributed by atoms with Crippen molar-refractivity contribution in [1.29, 1.82) is 0 Å². The van der Waals surface area contributed by atoms with Gasteiger partial charge in [-0.05, 0) is 66.6 Å². The minimum atomic E-state index is -3.96. The standard InChI is InChI=1S/C33H40N4O6S/c1-35(2)44(40,41)34-31(38)22-9-11-25-28(17-22)37-20-33(32(39)36-13-15-43-16-14-36)19-27(33)26-18-23(42-3)10-12-24(26)30(37)29(25)21-7-5-4-6-8-21/h9-12,17-18,21,27H,4-8,13-16,19-20H2,1-3H3,(H,34,38). The molecule has 0 bridgehead atoms. The van der Waals surface area contributed by atoms with Crippen molar-refractivity contribution in [2.45, 2.75) is 56.9 Å². The largest absolute Gasteiger partial charge is 0.497 e. The van der Waals surface area contributed by atoms with Gasteiger partial charge in [0.15, 0.2) is 0 Å². The Morgan fingerprint density at radius 2 is 1.80 bits per heavy atom. The summed E-state index contributed by atoms with van der Waals surface area (Å²) in [5.74, 6) is 0.644. The van der Waals surface area contributed by atoms with E-state index in [4.69, 9.17) is 9.47 Å². The zero-order chi connectivity index (χ0) is 30.8. The molecule has 3 aromatic rings. The summed E-state index contributed by atoms with van der Waals surface area (Å²) in [6.07, 6.45) is 6.46. The highest BCUT2D eigenvalue weighted by Gasteiger charge is 2.64. The summed E-state index contributed by atoms with van der Waals surface area (Å²) in [7, 11) is 0.471. The lowest BCUT2D eigenvalue weighted by molar-refractivity contribution is -0.141. The van der Waals surface area contributed by atoms with E-state index < -0.39 is 21.5 Å². The highest BCUT2D eigenvalue weighted by atomic mass is 32.2. The fourth-order valence-electron chi connectivity index (χ4n) is 7.77. The predicted octanol–water partition coefficient (Wildman–Crippen LogP) is 4.25. The Hall–Kier alpha value is -3.41. The maximum Gasteiger partial charge on any atom is 0.303 e. The fourth-order valence-corrected chi connectivity index (χ4v) is 8.31. The van der Waals surface area contributed by atoms with Crippen molar-refractivity contribution in [3.8, 4) is 17.0 Å². The highest BCUT2D eigenvalue weighted by molar-refractivity contribution is 7.87. The van der Waals surface area contributed by atoms with E-state index in [2.05, 4.69) is 21.4 Å². The Morgan fingerprint density at radius 3 is 2.50 bits per heavy atom. The molecule has 7 rings (SSSR count). The van der Waals surface area contributed by atoms with Gasteiger partial charge in [0.25, 0.3) is 5.91 Å². The molecule has 1 N–H and O–H groups in total. The average Bonchev–Trinajstić information content (AvgIpc) is 3.70. The van der Waals surface area contributed by atoms with Crippen molar-refractivity contribution in [1.82, 2.24) is 18.5 Å². The Kier molecular flexibility index (Phi) is 7.25. The second-order valence-corrected chi connectivity index (χ2v) is 14.8. The number of nitrogens with zero attached hydrogens (tertiary/aromatic N) is 3. The minimum absolute atomic E-state index is 0.0498. The molecule has 2 atom stereocenters. The average molecular weight is 621 g/mol. The predicted molar refractivity (Wildman–Crippen MR) is 167 cm³/mol. The van der Waals surface area contributed by atoms with Gasteiger partial charge in [-0.2, -0.15) is 12.7 Å². The van der Waals surface area contributed by atoms with E-state index in [0.717, 1.165) is 69.9 Å². The summed E-state index contributed by atoms with van der Waals surface area (Å²) in [5.41, 5.74) is 5.14. The van der Waals surface area contributed by atoms with Crippen molar-refractivity contribution in [3.05, 3.63) is 53.1 Å². The van der Waals surface area contributed by atoms with Gasteiger partial charge in [0.05, 0.1) is 31.4 Å². The lowest BCUT2D eigenvalue weighted by Gasteiger charge is -2.31. The Morgan fingerprint density at radius 1 is 1.05 bits per heavy atom. The van der Waals surface area contributed by atoms with E-state index in [1.807, 2.05) is 23.1 Å². The molecule has 3 fully saturated rings. The molecule has 44 heavy (non-hydrogen) atoms. The van der Waals surface area contributed by atoms with Gasteiger partial charge in [-0.3, -0.25) is 9.59 Å². The number of hydrogen-bond donors (Lipinski definition) is 1. The zero-order valence-electron chi connectivity index (χ0n) is 25.6. The van der Waals surface area contributed by atoms with E-state index >= 15 is 0 Å². The van der Waals surface area contributed by atoms with Crippen molar-refractivity contribution in [3.63, 3.8) is 0 Å². The third-order valence-corrected chi connectivity index (χ3v) is 11.6. The summed E-state index contributed by atoms with van der Waals surface area (Å²) in [5, 5.41) is 1.06. The first-order chi connectivity index (χ1) is 21.1. The molecule has 11 heteroatoms. The number of benzene rings is 2. The van der Waals surface area contributed by atoms with Crippen LogP contribution in [0.5, 0.6) is 5.75 Å². The van der Waals surface area contributed by atoms with E-state index in [1.54, 1.807) is 13.2 Å². The molecule has 2 aromatic carbocycles. The lowest BCUT2D eigenvalue weighted by Crippen LogP contribution is -2.45. The molecule has 2 unspecified atom stereocenters. The first-order valence-electron chi connectivity index (χ1n) is 15.6. The smallest absolute Gasteiger partial charge is 0.303 e. The normalized spacial score (nSPS) is 23.5. The van der Waals surface area contributed by atoms with Gasteiger partial charge in [-0.15, -0.1) is 0 Å². The monoisotopic (exact) mass is 620 g/mol. The molecule has 1 saturated heterocycles. The van der Waals surface area contributed by atoms with Crippen LogP contribution in [-0.4, -0.2) is 81.5 Å². The second-order valence-electron chi connectivity index (χ2n) is 12.9.